The van der Waals surface area contributed by atoms with Gasteiger partial charge in [0.25, 0.3) is 5.91 Å². The number of carbonyl (C=O) groups is 1. The summed E-state index contributed by atoms with van der Waals surface area (Å²) in [5, 5.41) is 3.14. The monoisotopic (exact) mass is 247 g/mol. The number of nitrogens with one attached hydrogen (secondary N) is 1. The van der Waals surface area contributed by atoms with E-state index in [9.17, 15) is 4.79 Å². The molecular formula is C15H21NO2. The van der Waals surface area contributed by atoms with Crippen molar-refractivity contribution < 1.29 is 9.53 Å². The molecule has 0 radical (unpaired) electrons. The fraction of sp³-hybridized carbons (Fsp3) is 0.533. The molecule has 1 amide bonds. The molecule has 0 heterocycles. The Kier molecular flexibility index (Phi) is 4.24. The van der Waals surface area contributed by atoms with Crippen LogP contribution in [0.25, 0.3) is 0 Å². The highest BCUT2D eigenvalue weighted by molar-refractivity contribution is 5.94. The van der Waals surface area contributed by atoms with Gasteiger partial charge in [-0.1, -0.05) is 25.8 Å². The predicted molar refractivity (Wildman–Crippen MR) is 71.9 cm³/mol. The van der Waals surface area contributed by atoms with Crippen LogP contribution in [0, 0.1) is 5.92 Å². The standard InChI is InChI=1S/C15H21NO2/c1-11-6-3-4-9-14(11)16-15(17)12-7-5-8-13(10-12)18-2/h5,7-8,10-11,14H,3-4,6,9H2,1-2H3,(H,16,17)/t11-,14-/m1/s1. The summed E-state index contributed by atoms with van der Waals surface area (Å²) in [4.78, 5) is 12.2. The molecule has 0 aliphatic heterocycles. The van der Waals surface area contributed by atoms with Gasteiger partial charge in [0.2, 0.25) is 0 Å². The lowest BCUT2D eigenvalue weighted by Crippen LogP contribution is -2.41. The minimum absolute atomic E-state index is 0.00708. The fourth-order valence-corrected chi connectivity index (χ4v) is 2.55. The SMILES string of the molecule is COc1cccc(C(=O)N[C@@H]2CCCC[C@H]2C)c1. The third kappa shape index (κ3) is 3.03. The van der Waals surface area contributed by atoms with Crippen LogP contribution in [-0.4, -0.2) is 19.1 Å². The molecule has 0 aromatic heterocycles. The van der Waals surface area contributed by atoms with Gasteiger partial charge in [0.1, 0.15) is 5.75 Å². The van der Waals surface area contributed by atoms with Crippen LogP contribution in [0.1, 0.15) is 43.0 Å². The van der Waals surface area contributed by atoms with E-state index in [1.807, 2.05) is 18.2 Å². The van der Waals surface area contributed by atoms with Crippen molar-refractivity contribution in [2.24, 2.45) is 5.92 Å². The maximum absolute atomic E-state index is 12.2. The predicted octanol–water partition coefficient (Wildman–Crippen LogP) is 3.00. The Balaban J connectivity index is 2.02. The molecule has 0 unspecified atom stereocenters. The molecule has 1 saturated carbocycles. The quantitative estimate of drug-likeness (QED) is 0.891. The first-order valence-electron chi connectivity index (χ1n) is 6.65. The Morgan fingerprint density at radius 1 is 1.33 bits per heavy atom. The van der Waals surface area contributed by atoms with Gasteiger partial charge < -0.3 is 10.1 Å². The van der Waals surface area contributed by atoms with Gasteiger partial charge in [-0.3, -0.25) is 4.79 Å². The van der Waals surface area contributed by atoms with Crippen molar-refractivity contribution >= 4 is 5.91 Å². The van der Waals surface area contributed by atoms with E-state index in [0.717, 1.165) is 12.2 Å². The lowest BCUT2D eigenvalue weighted by atomic mass is 9.86. The molecule has 1 aromatic rings. The van der Waals surface area contributed by atoms with E-state index in [2.05, 4.69) is 12.2 Å². The molecule has 0 saturated heterocycles. The summed E-state index contributed by atoms with van der Waals surface area (Å²) >= 11 is 0. The average molecular weight is 247 g/mol. The van der Waals surface area contributed by atoms with Crippen molar-refractivity contribution in [2.75, 3.05) is 7.11 Å². The Morgan fingerprint density at radius 2 is 2.11 bits per heavy atom. The summed E-state index contributed by atoms with van der Waals surface area (Å²) in [5.41, 5.74) is 0.673. The summed E-state index contributed by atoms with van der Waals surface area (Å²) in [6.45, 7) is 2.22. The number of hydrogen-bond acceptors (Lipinski definition) is 2. The molecule has 3 heteroatoms. The molecular weight excluding hydrogens is 226 g/mol. The summed E-state index contributed by atoms with van der Waals surface area (Å²) in [6.07, 6.45) is 4.81. The van der Waals surface area contributed by atoms with Crippen molar-refractivity contribution in [3.8, 4) is 5.75 Å². The van der Waals surface area contributed by atoms with Crippen LogP contribution in [-0.2, 0) is 0 Å². The number of rotatable bonds is 3. The van der Waals surface area contributed by atoms with E-state index in [1.54, 1.807) is 13.2 Å². The van der Waals surface area contributed by atoms with Crippen LogP contribution in [0.4, 0.5) is 0 Å². The fourth-order valence-electron chi connectivity index (χ4n) is 2.55. The molecule has 98 valence electrons. The van der Waals surface area contributed by atoms with Crippen LogP contribution in [0.2, 0.25) is 0 Å². The van der Waals surface area contributed by atoms with E-state index >= 15 is 0 Å². The maximum atomic E-state index is 12.2. The number of carbonyl (C=O) groups excluding carboxylic acids is 1. The molecule has 0 bridgehead atoms. The average Bonchev–Trinajstić information content (AvgIpc) is 2.41. The number of methoxy groups -OCH3 is 1. The van der Waals surface area contributed by atoms with Crippen LogP contribution >= 0.6 is 0 Å². The summed E-state index contributed by atoms with van der Waals surface area (Å²) in [7, 11) is 1.61. The molecule has 2 rings (SSSR count). The lowest BCUT2D eigenvalue weighted by molar-refractivity contribution is 0.0910. The molecule has 0 spiro atoms. The summed E-state index contributed by atoms with van der Waals surface area (Å²) in [5.74, 6) is 1.31. The van der Waals surface area contributed by atoms with Crippen LogP contribution in [0.15, 0.2) is 24.3 Å². The zero-order chi connectivity index (χ0) is 13.0. The molecule has 1 aromatic carbocycles. The summed E-state index contributed by atoms with van der Waals surface area (Å²) < 4.78 is 5.14. The molecule has 18 heavy (non-hydrogen) atoms. The topological polar surface area (TPSA) is 38.3 Å². The Hall–Kier alpha value is -1.51. The highest BCUT2D eigenvalue weighted by Crippen LogP contribution is 2.24. The third-order valence-corrected chi connectivity index (χ3v) is 3.76. The van der Waals surface area contributed by atoms with Crippen molar-refractivity contribution in [2.45, 2.75) is 38.6 Å². The molecule has 1 aliphatic rings. The summed E-state index contributed by atoms with van der Waals surface area (Å²) in [6, 6.07) is 7.61. The van der Waals surface area contributed by atoms with Gasteiger partial charge in [-0.15, -0.1) is 0 Å². The van der Waals surface area contributed by atoms with Gasteiger partial charge in [0.05, 0.1) is 7.11 Å². The number of ether oxygens (including phenoxy) is 1. The van der Waals surface area contributed by atoms with Gasteiger partial charge in [0.15, 0.2) is 0 Å². The first-order chi connectivity index (χ1) is 8.70. The largest absolute Gasteiger partial charge is 0.497 e. The first kappa shape index (κ1) is 12.9. The van der Waals surface area contributed by atoms with Gasteiger partial charge in [0, 0.05) is 11.6 Å². The second kappa shape index (κ2) is 5.89. The number of hydrogen-bond donors (Lipinski definition) is 1. The van der Waals surface area contributed by atoms with Crippen LogP contribution in [0.3, 0.4) is 0 Å². The van der Waals surface area contributed by atoms with E-state index in [1.165, 1.54) is 19.3 Å². The molecule has 2 atom stereocenters. The Labute approximate surface area is 109 Å². The van der Waals surface area contributed by atoms with Crippen LogP contribution < -0.4 is 10.1 Å². The van der Waals surface area contributed by atoms with Crippen molar-refractivity contribution in [3.05, 3.63) is 29.8 Å². The van der Waals surface area contributed by atoms with Gasteiger partial charge in [-0.05, 0) is 37.0 Å². The number of amides is 1. The third-order valence-electron chi connectivity index (χ3n) is 3.76. The Morgan fingerprint density at radius 3 is 2.83 bits per heavy atom. The Bertz CT molecular complexity index is 417. The molecule has 1 fully saturated rings. The van der Waals surface area contributed by atoms with E-state index in [0.29, 0.717) is 17.5 Å². The smallest absolute Gasteiger partial charge is 0.251 e. The second-order valence-electron chi connectivity index (χ2n) is 5.07. The van der Waals surface area contributed by atoms with Crippen molar-refractivity contribution in [1.29, 1.82) is 0 Å². The minimum atomic E-state index is 0.00708. The van der Waals surface area contributed by atoms with Crippen molar-refractivity contribution in [1.82, 2.24) is 5.32 Å². The zero-order valence-electron chi connectivity index (χ0n) is 11.1. The highest BCUT2D eigenvalue weighted by Gasteiger charge is 2.23. The number of benzene rings is 1. The van der Waals surface area contributed by atoms with Crippen LogP contribution in [0.5, 0.6) is 5.75 Å². The van der Waals surface area contributed by atoms with E-state index in [4.69, 9.17) is 4.74 Å². The maximum Gasteiger partial charge on any atom is 0.251 e. The highest BCUT2D eigenvalue weighted by atomic mass is 16.5. The molecule has 3 nitrogen and oxygen atoms in total. The lowest BCUT2D eigenvalue weighted by Gasteiger charge is -2.29. The molecule has 1 aliphatic carbocycles. The van der Waals surface area contributed by atoms with E-state index in [-0.39, 0.29) is 5.91 Å². The van der Waals surface area contributed by atoms with E-state index < -0.39 is 0 Å². The normalized spacial score (nSPS) is 23.4. The van der Waals surface area contributed by atoms with Crippen molar-refractivity contribution in [3.63, 3.8) is 0 Å². The first-order valence-corrected chi connectivity index (χ1v) is 6.65. The molecule has 1 N–H and O–H groups in total. The van der Waals surface area contributed by atoms with Gasteiger partial charge in [-0.25, -0.2) is 0 Å². The minimum Gasteiger partial charge on any atom is -0.497 e. The zero-order valence-corrected chi connectivity index (χ0v) is 11.1. The second-order valence-corrected chi connectivity index (χ2v) is 5.07. The van der Waals surface area contributed by atoms with Gasteiger partial charge >= 0.3 is 0 Å². The van der Waals surface area contributed by atoms with Gasteiger partial charge in [-0.2, -0.15) is 0 Å².